The Kier molecular flexibility index (Phi) is 11.7. The number of methoxy groups -OCH3 is 1. The average Bonchev–Trinajstić information content (AvgIpc) is 3.05. The maximum atomic E-state index is 14.4. The molecule has 0 bridgehead atoms. The molecule has 2 N–H and O–H groups in total. The molecule has 0 aliphatic carbocycles. The van der Waals surface area contributed by atoms with E-state index >= 15 is 0 Å². The number of ether oxygens (including phenoxy) is 2. The number of halogens is 1. The highest BCUT2D eigenvalue weighted by Crippen LogP contribution is 2.27. The largest absolute Gasteiger partial charge is 0.488 e. The Morgan fingerprint density at radius 1 is 0.894 bits per heavy atom. The minimum absolute atomic E-state index is 0.0578. The molecule has 0 saturated carbocycles. The topological polar surface area (TPSA) is 84.9 Å². The van der Waals surface area contributed by atoms with Gasteiger partial charge in [-0.1, -0.05) is 100 Å². The molecule has 0 radical (unpaired) electrons. The van der Waals surface area contributed by atoms with Crippen molar-refractivity contribution in [3.05, 3.63) is 148 Å². The van der Waals surface area contributed by atoms with Crippen LogP contribution in [0.2, 0.25) is 0 Å². The standard InChI is InChI=1S/C40H42FNO5/c1-27(42-39(45)46-5)32-15-8-28(9-16-32)6-7-29(24-30-10-17-33(18-11-30)38(43)44)12-19-34-25-36(41)22-23-37(34)47-26-31-13-20-35(21-14-31)40(2,3)4/h8-23,25,29H,1,6-7,24,26H2,2-5H3,(H,42,45)(H,43,44)/b19-12+. The molecule has 4 rings (SSSR count). The molecule has 7 heteroatoms. The third kappa shape index (κ3) is 10.4. The van der Waals surface area contributed by atoms with Crippen LogP contribution >= 0.6 is 0 Å². The van der Waals surface area contributed by atoms with Gasteiger partial charge in [-0.15, -0.1) is 0 Å². The number of carbonyl (C=O) groups is 2. The Bertz CT molecular complexity index is 1700. The molecular weight excluding hydrogens is 593 g/mol. The van der Waals surface area contributed by atoms with E-state index < -0.39 is 12.1 Å². The molecule has 0 heterocycles. The van der Waals surface area contributed by atoms with Crippen molar-refractivity contribution in [3.63, 3.8) is 0 Å². The summed E-state index contributed by atoms with van der Waals surface area (Å²) in [6.45, 7) is 10.8. The van der Waals surface area contributed by atoms with Gasteiger partial charge < -0.3 is 14.6 Å². The number of allylic oxidation sites excluding steroid dienone is 1. The first-order chi connectivity index (χ1) is 22.4. The molecule has 1 unspecified atom stereocenters. The number of aromatic carboxylic acids is 1. The van der Waals surface area contributed by atoms with Crippen LogP contribution in [0.5, 0.6) is 5.75 Å². The number of aryl methyl sites for hydroxylation is 1. The SMILES string of the molecule is C=C(NC(=O)OC)c1ccc(CCC(/C=C/c2cc(F)ccc2OCc2ccc(C(C)(C)C)cc2)Cc2ccc(C(=O)O)cc2)cc1. The Balaban J connectivity index is 1.51. The first kappa shape index (κ1) is 34.7. The van der Waals surface area contributed by atoms with Gasteiger partial charge in [0.25, 0.3) is 0 Å². The molecule has 0 spiro atoms. The summed E-state index contributed by atoms with van der Waals surface area (Å²) in [5.74, 6) is -0.675. The minimum Gasteiger partial charge on any atom is -0.488 e. The fraction of sp³-hybridized carbons (Fsp3) is 0.250. The molecule has 0 aromatic heterocycles. The third-order valence-electron chi connectivity index (χ3n) is 7.98. The number of nitrogens with one attached hydrogen (secondary N) is 1. The van der Waals surface area contributed by atoms with Crippen LogP contribution in [-0.4, -0.2) is 24.3 Å². The van der Waals surface area contributed by atoms with Crippen molar-refractivity contribution in [2.24, 2.45) is 5.92 Å². The summed E-state index contributed by atoms with van der Waals surface area (Å²) in [4.78, 5) is 22.9. The molecule has 0 fully saturated rings. The van der Waals surface area contributed by atoms with Crippen LogP contribution in [0.4, 0.5) is 9.18 Å². The van der Waals surface area contributed by atoms with Crippen LogP contribution in [0.25, 0.3) is 11.8 Å². The number of alkyl carbamates (subject to hydrolysis) is 1. The van der Waals surface area contributed by atoms with E-state index in [-0.39, 0.29) is 22.7 Å². The zero-order valence-corrected chi connectivity index (χ0v) is 27.4. The lowest BCUT2D eigenvalue weighted by Crippen LogP contribution is -2.20. The van der Waals surface area contributed by atoms with E-state index in [9.17, 15) is 19.1 Å². The van der Waals surface area contributed by atoms with Crippen molar-refractivity contribution in [3.8, 4) is 5.75 Å². The lowest BCUT2D eigenvalue weighted by molar-refractivity contribution is 0.0696. The van der Waals surface area contributed by atoms with E-state index in [0.29, 0.717) is 30.0 Å². The Labute approximate surface area is 276 Å². The van der Waals surface area contributed by atoms with Crippen LogP contribution in [0.3, 0.4) is 0 Å². The minimum atomic E-state index is -0.968. The fourth-order valence-corrected chi connectivity index (χ4v) is 5.11. The van der Waals surface area contributed by atoms with Gasteiger partial charge >= 0.3 is 12.1 Å². The van der Waals surface area contributed by atoms with Gasteiger partial charge in [-0.2, -0.15) is 0 Å². The van der Waals surface area contributed by atoms with Gasteiger partial charge in [0, 0.05) is 11.3 Å². The lowest BCUT2D eigenvalue weighted by Gasteiger charge is -2.19. The van der Waals surface area contributed by atoms with Gasteiger partial charge in [0.1, 0.15) is 18.2 Å². The van der Waals surface area contributed by atoms with Gasteiger partial charge in [0.2, 0.25) is 0 Å². The Morgan fingerprint density at radius 2 is 1.51 bits per heavy atom. The summed E-state index contributed by atoms with van der Waals surface area (Å²) < 4.78 is 25.2. The molecular formula is C40H42FNO5. The number of carboxylic acid groups (broad SMARTS) is 1. The second-order valence-corrected chi connectivity index (χ2v) is 12.6. The Morgan fingerprint density at radius 3 is 2.13 bits per heavy atom. The van der Waals surface area contributed by atoms with Gasteiger partial charge in [0.05, 0.1) is 12.7 Å². The highest BCUT2D eigenvalue weighted by Gasteiger charge is 2.14. The first-order valence-electron chi connectivity index (χ1n) is 15.6. The smallest absolute Gasteiger partial charge is 0.411 e. The number of amides is 1. The van der Waals surface area contributed by atoms with Crippen molar-refractivity contribution in [2.45, 2.75) is 52.1 Å². The number of rotatable bonds is 13. The molecule has 244 valence electrons. The second-order valence-electron chi connectivity index (χ2n) is 12.6. The molecule has 0 aliphatic rings. The molecule has 6 nitrogen and oxygen atoms in total. The lowest BCUT2D eigenvalue weighted by atomic mass is 9.87. The van der Waals surface area contributed by atoms with Crippen molar-refractivity contribution in [1.82, 2.24) is 5.32 Å². The van der Waals surface area contributed by atoms with E-state index in [2.05, 4.69) is 67.7 Å². The van der Waals surface area contributed by atoms with E-state index in [1.807, 2.05) is 42.5 Å². The van der Waals surface area contributed by atoms with E-state index in [1.54, 1.807) is 18.2 Å². The van der Waals surface area contributed by atoms with Gasteiger partial charge in [0.15, 0.2) is 0 Å². The third-order valence-corrected chi connectivity index (χ3v) is 7.98. The average molecular weight is 636 g/mol. The highest BCUT2D eigenvalue weighted by atomic mass is 19.1. The maximum Gasteiger partial charge on any atom is 0.411 e. The zero-order chi connectivity index (χ0) is 34.0. The van der Waals surface area contributed by atoms with Gasteiger partial charge in [-0.05, 0) is 88.7 Å². The summed E-state index contributed by atoms with van der Waals surface area (Å²) >= 11 is 0. The summed E-state index contributed by atoms with van der Waals surface area (Å²) in [5.41, 5.74) is 6.53. The van der Waals surface area contributed by atoms with E-state index in [1.165, 1.54) is 24.8 Å². The summed E-state index contributed by atoms with van der Waals surface area (Å²) in [6, 6.07) is 27.5. The summed E-state index contributed by atoms with van der Waals surface area (Å²) in [7, 11) is 1.30. The van der Waals surface area contributed by atoms with Crippen molar-refractivity contribution < 1.29 is 28.6 Å². The summed E-state index contributed by atoms with van der Waals surface area (Å²) in [6.07, 6.45) is 5.61. The summed E-state index contributed by atoms with van der Waals surface area (Å²) in [5, 5.41) is 11.9. The zero-order valence-electron chi connectivity index (χ0n) is 27.4. The quantitative estimate of drug-likeness (QED) is 0.153. The molecule has 4 aromatic rings. The monoisotopic (exact) mass is 635 g/mol. The van der Waals surface area contributed by atoms with Crippen molar-refractivity contribution >= 4 is 23.8 Å². The Hall–Kier alpha value is -5.17. The van der Waals surface area contributed by atoms with E-state index in [0.717, 1.165) is 35.1 Å². The fourth-order valence-electron chi connectivity index (χ4n) is 5.11. The van der Waals surface area contributed by atoms with Crippen LogP contribution in [0.15, 0.2) is 104 Å². The number of benzene rings is 4. The number of carboxylic acids is 1. The molecule has 1 atom stereocenters. The number of hydrogen-bond donors (Lipinski definition) is 2. The predicted octanol–water partition coefficient (Wildman–Crippen LogP) is 9.23. The molecule has 4 aromatic carbocycles. The second kappa shape index (κ2) is 15.9. The molecule has 1 amide bonds. The maximum absolute atomic E-state index is 14.4. The normalized spacial score (nSPS) is 12.0. The van der Waals surface area contributed by atoms with Gasteiger partial charge in [-0.3, -0.25) is 5.32 Å². The van der Waals surface area contributed by atoms with Crippen LogP contribution in [0.1, 0.15) is 70.9 Å². The number of carbonyl (C=O) groups excluding carboxylic acids is 1. The number of hydrogen-bond acceptors (Lipinski definition) is 4. The molecule has 47 heavy (non-hydrogen) atoms. The molecule has 0 aliphatic heterocycles. The van der Waals surface area contributed by atoms with Crippen LogP contribution in [-0.2, 0) is 29.6 Å². The first-order valence-corrected chi connectivity index (χ1v) is 15.6. The highest BCUT2D eigenvalue weighted by molar-refractivity contribution is 5.87. The van der Waals surface area contributed by atoms with E-state index in [4.69, 9.17) is 4.74 Å². The van der Waals surface area contributed by atoms with Crippen LogP contribution in [0, 0.1) is 11.7 Å². The van der Waals surface area contributed by atoms with Gasteiger partial charge in [-0.25, -0.2) is 14.0 Å². The van der Waals surface area contributed by atoms with Crippen molar-refractivity contribution in [2.75, 3.05) is 7.11 Å². The van der Waals surface area contributed by atoms with Crippen molar-refractivity contribution in [1.29, 1.82) is 0 Å². The molecule has 0 saturated heterocycles. The van der Waals surface area contributed by atoms with Crippen LogP contribution < -0.4 is 10.1 Å². The predicted molar refractivity (Wildman–Crippen MR) is 185 cm³/mol.